The van der Waals surface area contributed by atoms with E-state index in [1.165, 1.54) is 0 Å². The average molecular weight is 190 g/mol. The molecule has 0 aliphatic rings. The Labute approximate surface area is 62.2 Å². The van der Waals surface area contributed by atoms with Crippen LogP contribution in [-0.2, 0) is 23.5 Å². The zero-order valence-corrected chi connectivity index (χ0v) is 5.05. The molecule has 0 atom stereocenters. The van der Waals surface area contributed by atoms with Gasteiger partial charge in [-0.15, -0.1) is 3.97 Å². The maximum Gasteiger partial charge on any atom is 0.485 e. The van der Waals surface area contributed by atoms with Crippen LogP contribution in [0.25, 0.3) is 0 Å². The van der Waals surface area contributed by atoms with E-state index in [9.17, 15) is 17.5 Å². The first kappa shape index (κ1) is 12.0. The molecule has 0 aliphatic heterocycles. The topological polar surface area (TPSA) is 97.7 Å². The van der Waals surface area contributed by atoms with E-state index in [1.54, 1.807) is 0 Å². The van der Waals surface area contributed by atoms with Gasteiger partial charge in [-0.05, 0) is 0 Å². The highest BCUT2D eigenvalue weighted by Gasteiger charge is 2.06. The van der Waals surface area contributed by atoms with Gasteiger partial charge in [-0.2, -0.15) is 8.42 Å². The molecule has 0 aliphatic carbocycles. The standard InChI is InChI=1S/Al.HO6PS.3H/c;1-7(2)6-8(3,4)5;;;/h;(H,3,4,5);;;. The van der Waals surface area contributed by atoms with Crippen molar-refractivity contribution in [3.8, 4) is 0 Å². The van der Waals surface area contributed by atoms with Gasteiger partial charge in [-0.25, -0.2) is 9.13 Å². The second-order valence-corrected chi connectivity index (χ2v) is 2.62. The maximum absolute atomic E-state index is 9.39. The predicted octanol–water partition coefficient (Wildman–Crippen LogP) is -1.29. The van der Waals surface area contributed by atoms with Crippen LogP contribution in [0.3, 0.4) is 0 Å². The van der Waals surface area contributed by atoms with Crippen LogP contribution in [0.5, 0.6) is 0 Å². The fourth-order valence-electron chi connectivity index (χ4n) is 0.0769. The van der Waals surface area contributed by atoms with Crippen molar-refractivity contribution in [2.24, 2.45) is 0 Å². The zero-order chi connectivity index (χ0) is 6.78. The lowest BCUT2D eigenvalue weighted by Crippen LogP contribution is -1.93. The normalized spacial score (nSPS) is 9.89. The van der Waals surface area contributed by atoms with Crippen LogP contribution in [0.2, 0.25) is 0 Å². The molecule has 0 aromatic heterocycles. The van der Waals surface area contributed by atoms with Crippen molar-refractivity contribution in [1.29, 1.82) is 0 Å². The Morgan fingerprint density at radius 3 is 1.67 bits per heavy atom. The zero-order valence-electron chi connectivity index (χ0n) is 3.34. The van der Waals surface area contributed by atoms with Gasteiger partial charge in [0.15, 0.2) is 17.4 Å². The number of hydrogen-bond acceptors (Lipinski definition) is 5. The summed E-state index contributed by atoms with van der Waals surface area (Å²) in [5.41, 5.74) is 0. The van der Waals surface area contributed by atoms with Crippen molar-refractivity contribution in [2.45, 2.75) is 0 Å². The van der Waals surface area contributed by atoms with Crippen LogP contribution in [0.4, 0.5) is 0 Å². The molecule has 9 heavy (non-hydrogen) atoms. The minimum atomic E-state index is -4.82. The van der Waals surface area contributed by atoms with Crippen LogP contribution in [0, 0.1) is 0 Å². The summed E-state index contributed by atoms with van der Waals surface area (Å²) in [4.78, 5) is 0. The molecule has 0 rings (SSSR count). The first-order valence-corrected chi connectivity index (χ1v) is 3.69. The van der Waals surface area contributed by atoms with Crippen molar-refractivity contribution in [2.75, 3.05) is 0 Å². The van der Waals surface area contributed by atoms with E-state index in [-0.39, 0.29) is 17.4 Å². The van der Waals surface area contributed by atoms with Gasteiger partial charge in [-0.3, -0.25) is 4.55 Å². The van der Waals surface area contributed by atoms with E-state index in [4.69, 9.17) is 4.55 Å². The Kier molecular flexibility index (Phi) is 5.57. The second kappa shape index (κ2) is 4.17. The highest BCUT2D eigenvalue weighted by molar-refractivity contribution is 7.83. The number of hydrogen-bond donors (Lipinski definition) is 1. The van der Waals surface area contributed by atoms with Gasteiger partial charge in [0, 0.05) is 0 Å². The first-order chi connectivity index (χ1) is 3.42. The lowest BCUT2D eigenvalue weighted by atomic mass is 15.8. The van der Waals surface area contributed by atoms with Gasteiger partial charge in [0.05, 0.1) is 0 Å². The lowest BCUT2D eigenvalue weighted by Gasteiger charge is -1.79. The molecule has 0 fully saturated rings. The molecule has 0 radical (unpaired) electrons. The van der Waals surface area contributed by atoms with Crippen molar-refractivity contribution in [3.63, 3.8) is 0 Å². The Hall–Kier alpha value is 0.302. The molecule has 0 spiro atoms. The van der Waals surface area contributed by atoms with Crippen molar-refractivity contribution in [3.05, 3.63) is 0 Å². The molecule has 0 saturated carbocycles. The maximum atomic E-state index is 9.39. The summed E-state index contributed by atoms with van der Waals surface area (Å²) >= 11 is 0. The molecule has 9 heteroatoms. The molecule has 0 unspecified atom stereocenters. The molecular formula is H4AlO6PS. The van der Waals surface area contributed by atoms with Crippen LogP contribution in [0.1, 0.15) is 0 Å². The highest BCUT2D eigenvalue weighted by atomic mass is 32.3. The third kappa shape index (κ3) is 11.7. The largest absolute Gasteiger partial charge is 0.485 e. The van der Waals surface area contributed by atoms with Gasteiger partial charge in [-0.1, -0.05) is 0 Å². The van der Waals surface area contributed by atoms with Crippen LogP contribution in [-0.4, -0.2) is 30.3 Å². The van der Waals surface area contributed by atoms with Gasteiger partial charge in [0.1, 0.15) is 0 Å². The SMILES string of the molecule is O=P(=O)OS(=O)(=O)O.[AlH3]. The Morgan fingerprint density at radius 2 is 1.67 bits per heavy atom. The molecule has 54 valence electrons. The Balaban J connectivity index is 0. The van der Waals surface area contributed by atoms with Crippen molar-refractivity contribution < 1.29 is 26.1 Å². The summed E-state index contributed by atoms with van der Waals surface area (Å²) in [5.74, 6) is 0. The van der Waals surface area contributed by atoms with Crippen molar-refractivity contribution in [1.82, 2.24) is 0 Å². The number of rotatable bonds is 2. The molecule has 0 aromatic carbocycles. The molecule has 0 aromatic rings. The van der Waals surface area contributed by atoms with Gasteiger partial charge in [0.2, 0.25) is 0 Å². The average Bonchev–Trinajstić information content (AvgIpc) is 1.21. The smallest absolute Gasteiger partial charge is 0.263 e. The van der Waals surface area contributed by atoms with E-state index in [0.717, 1.165) is 0 Å². The molecule has 0 amide bonds. The lowest BCUT2D eigenvalue weighted by molar-refractivity contribution is 0.372. The van der Waals surface area contributed by atoms with E-state index in [1.807, 2.05) is 0 Å². The minimum absolute atomic E-state index is 0. The summed E-state index contributed by atoms with van der Waals surface area (Å²) in [6.45, 7) is 0. The molecule has 0 bridgehead atoms. The highest BCUT2D eigenvalue weighted by Crippen LogP contribution is 2.07. The summed E-state index contributed by atoms with van der Waals surface area (Å²) in [6, 6.07) is 0. The summed E-state index contributed by atoms with van der Waals surface area (Å²) in [7, 11) is -8.35. The van der Waals surface area contributed by atoms with Gasteiger partial charge >= 0.3 is 18.3 Å². The van der Waals surface area contributed by atoms with Crippen molar-refractivity contribution >= 4 is 35.7 Å². The molecular weight excluding hydrogens is 186 g/mol. The van der Waals surface area contributed by atoms with Crippen LogP contribution < -0.4 is 0 Å². The summed E-state index contributed by atoms with van der Waals surface area (Å²) < 4.78 is 47.8. The fraction of sp³-hybridized carbons (Fsp3) is 0. The van der Waals surface area contributed by atoms with E-state index in [2.05, 4.69) is 3.97 Å². The molecule has 6 nitrogen and oxygen atoms in total. The fourth-order valence-corrected chi connectivity index (χ4v) is 0.692. The van der Waals surface area contributed by atoms with E-state index < -0.39 is 18.3 Å². The Morgan fingerprint density at radius 1 is 1.33 bits per heavy atom. The Bertz CT molecular complexity index is 213. The third-order valence-electron chi connectivity index (χ3n) is 0.155. The quantitative estimate of drug-likeness (QED) is 0.330. The molecule has 0 saturated heterocycles. The van der Waals surface area contributed by atoms with Gasteiger partial charge in [0.25, 0.3) is 0 Å². The molecule has 0 heterocycles. The molecule has 1 N–H and O–H groups in total. The van der Waals surface area contributed by atoms with Gasteiger partial charge < -0.3 is 0 Å². The third-order valence-corrected chi connectivity index (χ3v) is 1.40. The predicted molar refractivity (Wildman–Crippen MR) is 30.9 cm³/mol. The first-order valence-electron chi connectivity index (χ1n) is 1.23. The summed E-state index contributed by atoms with van der Waals surface area (Å²) in [5, 5.41) is 0. The van der Waals surface area contributed by atoms with E-state index >= 15 is 0 Å². The van der Waals surface area contributed by atoms with Crippen LogP contribution >= 0.6 is 7.91 Å². The van der Waals surface area contributed by atoms with Crippen LogP contribution in [0.15, 0.2) is 0 Å². The minimum Gasteiger partial charge on any atom is -0.263 e. The van der Waals surface area contributed by atoms with E-state index in [0.29, 0.717) is 0 Å². The summed E-state index contributed by atoms with van der Waals surface area (Å²) in [6.07, 6.45) is 0. The second-order valence-electron chi connectivity index (χ2n) is 0.726. The monoisotopic (exact) mass is 190 g/mol.